The van der Waals surface area contributed by atoms with Crippen molar-refractivity contribution in [3.8, 4) is 0 Å². The van der Waals surface area contributed by atoms with Crippen molar-refractivity contribution in [3.63, 3.8) is 0 Å². The highest BCUT2D eigenvalue weighted by molar-refractivity contribution is 5.92. The van der Waals surface area contributed by atoms with Crippen molar-refractivity contribution in [1.29, 1.82) is 0 Å². The second-order valence-electron chi connectivity index (χ2n) is 7.99. The highest BCUT2D eigenvalue weighted by Crippen LogP contribution is 2.17. The van der Waals surface area contributed by atoms with Crippen LogP contribution in [0.5, 0.6) is 0 Å². The summed E-state index contributed by atoms with van der Waals surface area (Å²) in [5.74, 6) is -0.233. The number of carboxylic acid groups (broad SMARTS) is 1. The van der Waals surface area contributed by atoms with Gasteiger partial charge in [-0.2, -0.15) is 4.98 Å². The number of nitrogens with zero attached hydrogens (tertiary/aromatic N) is 6. The Labute approximate surface area is 179 Å². The molecule has 1 aliphatic heterocycles. The molecule has 0 saturated carbocycles. The molecule has 12 heteroatoms. The van der Waals surface area contributed by atoms with Gasteiger partial charge in [-0.25, -0.2) is 24.5 Å². The van der Waals surface area contributed by atoms with E-state index in [1.54, 1.807) is 33.2 Å². The molecule has 1 amide bonds. The number of aromatic nitrogens is 4. The summed E-state index contributed by atoms with van der Waals surface area (Å²) in [6.45, 7) is 8.17. The SMILES string of the molecule is CC(C)(C)OC(=O)NCc1cnc(N2CCN(c3ncc(C(=O)O)c(N)n3)CC2)nc1. The Bertz CT molecular complexity index is 937. The van der Waals surface area contributed by atoms with Crippen LogP contribution in [0.4, 0.5) is 22.5 Å². The topological polar surface area (TPSA) is 160 Å². The van der Waals surface area contributed by atoms with Gasteiger partial charge in [0.1, 0.15) is 17.0 Å². The lowest BCUT2D eigenvalue weighted by atomic mass is 10.2. The largest absolute Gasteiger partial charge is 0.477 e. The van der Waals surface area contributed by atoms with Gasteiger partial charge in [-0.3, -0.25) is 0 Å². The third-order valence-corrected chi connectivity index (χ3v) is 4.41. The first-order chi connectivity index (χ1) is 14.6. The summed E-state index contributed by atoms with van der Waals surface area (Å²) in [4.78, 5) is 43.7. The van der Waals surface area contributed by atoms with Gasteiger partial charge < -0.3 is 30.7 Å². The van der Waals surface area contributed by atoms with Crippen molar-refractivity contribution in [2.24, 2.45) is 0 Å². The number of hydrogen-bond acceptors (Lipinski definition) is 10. The molecule has 0 aromatic carbocycles. The normalized spacial score (nSPS) is 14.3. The maximum atomic E-state index is 11.7. The number of hydrogen-bond donors (Lipinski definition) is 3. The number of ether oxygens (including phenoxy) is 1. The molecule has 1 fully saturated rings. The Hall–Kier alpha value is -3.70. The van der Waals surface area contributed by atoms with Gasteiger partial charge in [-0.05, 0) is 20.8 Å². The van der Waals surface area contributed by atoms with Crippen molar-refractivity contribution >= 4 is 29.8 Å². The second kappa shape index (κ2) is 8.98. The van der Waals surface area contributed by atoms with E-state index in [-0.39, 0.29) is 17.9 Å². The van der Waals surface area contributed by atoms with Crippen LogP contribution in [0.2, 0.25) is 0 Å². The summed E-state index contributed by atoms with van der Waals surface area (Å²) in [6, 6.07) is 0. The van der Waals surface area contributed by atoms with Crippen LogP contribution in [0.1, 0.15) is 36.7 Å². The molecule has 31 heavy (non-hydrogen) atoms. The number of carbonyl (C=O) groups is 2. The van der Waals surface area contributed by atoms with Gasteiger partial charge in [0, 0.05) is 56.9 Å². The minimum atomic E-state index is -1.16. The zero-order chi connectivity index (χ0) is 22.6. The number of nitrogens with two attached hydrogens (primary N) is 1. The van der Waals surface area contributed by atoms with Crippen molar-refractivity contribution in [2.75, 3.05) is 41.7 Å². The fraction of sp³-hybridized carbons (Fsp3) is 0.474. The molecule has 0 bridgehead atoms. The average Bonchev–Trinajstić information content (AvgIpc) is 2.71. The van der Waals surface area contributed by atoms with E-state index < -0.39 is 17.7 Å². The van der Waals surface area contributed by atoms with Gasteiger partial charge in [-0.15, -0.1) is 0 Å². The molecular weight excluding hydrogens is 404 g/mol. The molecule has 1 saturated heterocycles. The molecule has 3 heterocycles. The van der Waals surface area contributed by atoms with E-state index in [2.05, 4.69) is 25.3 Å². The third-order valence-electron chi connectivity index (χ3n) is 4.41. The van der Waals surface area contributed by atoms with Gasteiger partial charge in [0.2, 0.25) is 11.9 Å². The molecular formula is C19H26N8O4. The van der Waals surface area contributed by atoms with E-state index in [1.165, 1.54) is 6.20 Å². The monoisotopic (exact) mass is 430 g/mol. The number of alkyl carbamates (subject to hydrolysis) is 1. The second-order valence-corrected chi connectivity index (χ2v) is 7.99. The Morgan fingerprint density at radius 2 is 1.61 bits per heavy atom. The smallest absolute Gasteiger partial charge is 0.407 e. The fourth-order valence-electron chi connectivity index (χ4n) is 2.90. The first-order valence-electron chi connectivity index (χ1n) is 9.76. The van der Waals surface area contributed by atoms with Crippen LogP contribution in [-0.4, -0.2) is 68.9 Å². The molecule has 0 spiro atoms. The van der Waals surface area contributed by atoms with Crippen LogP contribution >= 0.6 is 0 Å². The number of rotatable bonds is 5. The lowest BCUT2D eigenvalue weighted by molar-refractivity contribution is 0.0523. The van der Waals surface area contributed by atoms with Crippen molar-refractivity contribution in [3.05, 3.63) is 29.7 Å². The first-order valence-corrected chi connectivity index (χ1v) is 9.76. The lowest BCUT2D eigenvalue weighted by Gasteiger charge is -2.34. The summed E-state index contributed by atoms with van der Waals surface area (Å²) in [5, 5.41) is 11.7. The maximum Gasteiger partial charge on any atom is 0.407 e. The van der Waals surface area contributed by atoms with Gasteiger partial charge >= 0.3 is 12.1 Å². The van der Waals surface area contributed by atoms with Gasteiger partial charge in [-0.1, -0.05) is 0 Å². The number of amides is 1. The Kier molecular flexibility index (Phi) is 6.37. The van der Waals surface area contributed by atoms with Crippen LogP contribution < -0.4 is 20.9 Å². The number of carbonyl (C=O) groups excluding carboxylic acids is 1. The third kappa shape index (κ3) is 5.90. The molecule has 0 aliphatic carbocycles. The Balaban J connectivity index is 1.52. The van der Waals surface area contributed by atoms with Crippen molar-refractivity contribution in [1.82, 2.24) is 25.3 Å². The predicted molar refractivity (Wildman–Crippen MR) is 113 cm³/mol. The molecule has 0 atom stereocenters. The van der Waals surface area contributed by atoms with E-state index in [1.807, 2.05) is 9.80 Å². The summed E-state index contributed by atoms with van der Waals surface area (Å²) in [7, 11) is 0. The van der Waals surface area contributed by atoms with Gasteiger partial charge in [0.15, 0.2) is 0 Å². The molecule has 3 rings (SSSR count). The number of carboxylic acids is 1. The number of nitrogen functional groups attached to an aromatic ring is 1. The maximum absolute atomic E-state index is 11.7. The van der Waals surface area contributed by atoms with E-state index in [0.717, 1.165) is 5.56 Å². The van der Waals surface area contributed by atoms with Crippen LogP contribution in [0.15, 0.2) is 18.6 Å². The molecule has 2 aromatic rings. The molecule has 0 radical (unpaired) electrons. The quantitative estimate of drug-likeness (QED) is 0.618. The summed E-state index contributed by atoms with van der Waals surface area (Å²) in [5.41, 5.74) is 5.80. The minimum Gasteiger partial charge on any atom is -0.477 e. The van der Waals surface area contributed by atoms with Crippen molar-refractivity contribution in [2.45, 2.75) is 32.9 Å². The highest BCUT2D eigenvalue weighted by Gasteiger charge is 2.22. The van der Waals surface area contributed by atoms with Gasteiger partial charge in [0.05, 0.1) is 0 Å². The van der Waals surface area contributed by atoms with Crippen LogP contribution in [-0.2, 0) is 11.3 Å². The summed E-state index contributed by atoms with van der Waals surface area (Å²) >= 11 is 0. The van der Waals surface area contributed by atoms with E-state index >= 15 is 0 Å². The van der Waals surface area contributed by atoms with E-state index in [9.17, 15) is 9.59 Å². The molecule has 12 nitrogen and oxygen atoms in total. The van der Waals surface area contributed by atoms with Gasteiger partial charge in [0.25, 0.3) is 0 Å². The van der Waals surface area contributed by atoms with Crippen LogP contribution in [0.25, 0.3) is 0 Å². The molecule has 166 valence electrons. The minimum absolute atomic E-state index is 0.0566. The Morgan fingerprint density at radius 3 is 2.13 bits per heavy atom. The number of nitrogens with one attached hydrogen (secondary N) is 1. The zero-order valence-electron chi connectivity index (χ0n) is 17.7. The van der Waals surface area contributed by atoms with E-state index in [4.69, 9.17) is 15.6 Å². The number of piperazine rings is 1. The Morgan fingerprint density at radius 1 is 1.06 bits per heavy atom. The zero-order valence-corrected chi connectivity index (χ0v) is 17.7. The van der Waals surface area contributed by atoms with Crippen LogP contribution in [0, 0.1) is 0 Å². The number of aromatic carboxylic acids is 1. The first kappa shape index (κ1) is 22.0. The lowest BCUT2D eigenvalue weighted by Crippen LogP contribution is -2.47. The summed E-state index contributed by atoms with van der Waals surface area (Å²) in [6.07, 6.45) is 4.06. The molecule has 2 aromatic heterocycles. The molecule has 1 aliphatic rings. The highest BCUT2D eigenvalue weighted by atomic mass is 16.6. The molecule has 4 N–H and O–H groups in total. The fourth-order valence-corrected chi connectivity index (χ4v) is 2.90. The van der Waals surface area contributed by atoms with Crippen LogP contribution in [0.3, 0.4) is 0 Å². The van der Waals surface area contributed by atoms with Crippen molar-refractivity contribution < 1.29 is 19.4 Å². The van der Waals surface area contributed by atoms with E-state index in [0.29, 0.717) is 38.1 Å². The standard InChI is InChI=1S/C19H26N8O4/c1-19(2,3)31-18(30)24-10-12-8-21-16(22-9-12)26-4-6-27(7-5-26)17-23-11-13(15(28)29)14(20)25-17/h8-9,11H,4-7,10H2,1-3H3,(H,24,30)(H,28,29)(H2,20,23,25). The average molecular weight is 430 g/mol. The number of anilines is 3. The summed E-state index contributed by atoms with van der Waals surface area (Å²) < 4.78 is 5.20. The molecule has 0 unspecified atom stereocenters. The predicted octanol–water partition coefficient (Wildman–Crippen LogP) is 0.898.